The van der Waals surface area contributed by atoms with E-state index in [1.807, 2.05) is 24.3 Å². The van der Waals surface area contributed by atoms with Crippen LogP contribution >= 0.6 is 23.3 Å². The van der Waals surface area contributed by atoms with Gasteiger partial charge in [0, 0.05) is 37.2 Å². The van der Waals surface area contributed by atoms with Gasteiger partial charge in [-0.3, -0.25) is 4.90 Å². The zero-order chi connectivity index (χ0) is 19.0. The molecule has 9 heteroatoms. The van der Waals surface area contributed by atoms with E-state index in [0.717, 1.165) is 22.3 Å². The van der Waals surface area contributed by atoms with E-state index in [2.05, 4.69) is 20.6 Å². The summed E-state index contributed by atoms with van der Waals surface area (Å²) < 4.78 is 36.1. The minimum absolute atomic E-state index is 0.134. The predicted octanol–water partition coefficient (Wildman–Crippen LogP) is 3.41. The molecule has 0 amide bonds. The number of piperazine rings is 1. The lowest BCUT2D eigenvalue weighted by atomic mass is 10.1. The number of hydrogen-bond acceptors (Lipinski definition) is 6. The molecular formula is C18H19ClN4O2S2. The summed E-state index contributed by atoms with van der Waals surface area (Å²) in [6, 6.07) is 13.0. The first kappa shape index (κ1) is 18.8. The second-order valence-electron chi connectivity index (χ2n) is 6.53. The fourth-order valence-corrected chi connectivity index (χ4v) is 5.94. The average molecular weight is 423 g/mol. The molecular weight excluding hydrogens is 404 g/mol. The van der Waals surface area contributed by atoms with Gasteiger partial charge in [-0.1, -0.05) is 35.9 Å². The van der Waals surface area contributed by atoms with Gasteiger partial charge in [-0.05, 0) is 30.7 Å². The Hall–Kier alpha value is -1.58. The fraction of sp³-hybridized carbons (Fsp3) is 0.333. The van der Waals surface area contributed by atoms with Crippen LogP contribution in [0.2, 0.25) is 5.02 Å². The van der Waals surface area contributed by atoms with E-state index in [-0.39, 0.29) is 10.9 Å². The van der Waals surface area contributed by atoms with Crippen LogP contribution in [0.15, 0.2) is 47.4 Å². The van der Waals surface area contributed by atoms with Crippen molar-refractivity contribution < 1.29 is 8.42 Å². The van der Waals surface area contributed by atoms with Crippen LogP contribution in [-0.4, -0.2) is 52.5 Å². The third-order valence-corrected chi connectivity index (χ3v) is 7.86. The summed E-state index contributed by atoms with van der Waals surface area (Å²) in [7, 11) is -3.60. The summed E-state index contributed by atoms with van der Waals surface area (Å²) in [6.45, 7) is 4.27. The van der Waals surface area contributed by atoms with Crippen molar-refractivity contribution in [2.45, 2.75) is 17.9 Å². The topological polar surface area (TPSA) is 66.4 Å². The highest BCUT2D eigenvalue weighted by atomic mass is 35.5. The van der Waals surface area contributed by atoms with Crippen LogP contribution in [-0.2, 0) is 10.0 Å². The second kappa shape index (κ2) is 7.44. The van der Waals surface area contributed by atoms with E-state index in [1.165, 1.54) is 4.31 Å². The van der Waals surface area contributed by atoms with Gasteiger partial charge >= 0.3 is 0 Å². The van der Waals surface area contributed by atoms with Crippen molar-refractivity contribution in [3.63, 3.8) is 0 Å². The number of nitrogens with zero attached hydrogens (tertiary/aromatic N) is 4. The Labute approximate surface area is 167 Å². The Bertz CT molecular complexity index is 1060. The smallest absolute Gasteiger partial charge is 0.245 e. The first-order valence-electron chi connectivity index (χ1n) is 8.68. The number of sulfonamides is 1. The van der Waals surface area contributed by atoms with Gasteiger partial charge in [0.2, 0.25) is 10.0 Å². The maximum Gasteiger partial charge on any atom is 0.245 e. The normalized spacial score (nSPS) is 18.0. The van der Waals surface area contributed by atoms with Crippen LogP contribution in [0.3, 0.4) is 0 Å². The van der Waals surface area contributed by atoms with Crippen molar-refractivity contribution in [2.75, 3.05) is 26.2 Å². The summed E-state index contributed by atoms with van der Waals surface area (Å²) >= 11 is 7.35. The van der Waals surface area contributed by atoms with Gasteiger partial charge in [-0.2, -0.15) is 13.1 Å². The molecule has 1 aliphatic heterocycles. The number of hydrogen-bond donors (Lipinski definition) is 0. The molecule has 27 heavy (non-hydrogen) atoms. The largest absolute Gasteiger partial charge is 0.294 e. The van der Waals surface area contributed by atoms with E-state index >= 15 is 0 Å². The molecule has 6 nitrogen and oxygen atoms in total. The Kier molecular flexibility index (Phi) is 5.17. The van der Waals surface area contributed by atoms with Crippen LogP contribution < -0.4 is 0 Å². The molecule has 0 saturated carbocycles. The molecule has 1 saturated heterocycles. The molecule has 0 aliphatic carbocycles. The highest BCUT2D eigenvalue weighted by molar-refractivity contribution is 7.89. The van der Waals surface area contributed by atoms with Crippen LogP contribution in [0.4, 0.5) is 0 Å². The maximum atomic E-state index is 13.1. The predicted molar refractivity (Wildman–Crippen MR) is 108 cm³/mol. The minimum atomic E-state index is -3.60. The molecule has 1 aromatic heterocycles. The van der Waals surface area contributed by atoms with E-state index in [1.54, 1.807) is 18.2 Å². The molecule has 1 aliphatic rings. The summed E-state index contributed by atoms with van der Waals surface area (Å²) in [5.74, 6) is 0. The number of rotatable bonds is 4. The molecule has 0 radical (unpaired) electrons. The van der Waals surface area contributed by atoms with Gasteiger partial charge in [-0.15, -0.1) is 0 Å². The van der Waals surface area contributed by atoms with Gasteiger partial charge in [0.25, 0.3) is 0 Å². The molecule has 4 rings (SSSR count). The number of benzene rings is 2. The summed E-state index contributed by atoms with van der Waals surface area (Å²) in [5.41, 5.74) is 2.13. The molecule has 1 unspecified atom stereocenters. The van der Waals surface area contributed by atoms with Crippen LogP contribution in [0.5, 0.6) is 0 Å². The molecule has 0 bridgehead atoms. The lowest BCUT2D eigenvalue weighted by molar-refractivity contribution is 0.146. The molecule has 1 atom stereocenters. The molecule has 3 aromatic rings. The average Bonchev–Trinajstić information content (AvgIpc) is 3.16. The van der Waals surface area contributed by atoms with E-state index in [0.29, 0.717) is 37.2 Å². The standard InChI is InChI=1S/C18H19ClN4O2S2/c1-13(14-5-2-3-6-15(14)19)22-9-11-23(12-10-22)27(24,25)17-8-4-7-16-18(17)21-26-20-16/h2-8,13H,9-12H2,1H3. The molecule has 142 valence electrons. The highest BCUT2D eigenvalue weighted by Gasteiger charge is 2.32. The molecule has 1 fully saturated rings. The van der Waals surface area contributed by atoms with E-state index in [4.69, 9.17) is 11.6 Å². The molecule has 2 heterocycles. The van der Waals surface area contributed by atoms with Crippen LogP contribution in [0.25, 0.3) is 11.0 Å². The van der Waals surface area contributed by atoms with Crippen molar-refractivity contribution in [3.05, 3.63) is 53.1 Å². The van der Waals surface area contributed by atoms with Gasteiger partial charge in [0.05, 0.1) is 11.7 Å². The van der Waals surface area contributed by atoms with E-state index < -0.39 is 10.0 Å². The van der Waals surface area contributed by atoms with Crippen molar-refractivity contribution in [1.29, 1.82) is 0 Å². The molecule has 2 aromatic carbocycles. The Morgan fingerprint density at radius 1 is 1.04 bits per heavy atom. The Morgan fingerprint density at radius 3 is 2.52 bits per heavy atom. The van der Waals surface area contributed by atoms with Crippen molar-refractivity contribution in [2.24, 2.45) is 0 Å². The van der Waals surface area contributed by atoms with Crippen LogP contribution in [0, 0.1) is 0 Å². The number of aromatic nitrogens is 2. The second-order valence-corrected chi connectivity index (χ2v) is 9.37. The summed E-state index contributed by atoms with van der Waals surface area (Å²) in [4.78, 5) is 2.50. The first-order chi connectivity index (χ1) is 13.0. The first-order valence-corrected chi connectivity index (χ1v) is 11.2. The highest BCUT2D eigenvalue weighted by Crippen LogP contribution is 2.30. The van der Waals surface area contributed by atoms with Gasteiger partial charge in [-0.25, -0.2) is 8.42 Å². The minimum Gasteiger partial charge on any atom is -0.294 e. The van der Waals surface area contributed by atoms with Crippen molar-refractivity contribution >= 4 is 44.4 Å². The van der Waals surface area contributed by atoms with Crippen LogP contribution in [0.1, 0.15) is 18.5 Å². The van der Waals surface area contributed by atoms with Gasteiger partial charge in [0.1, 0.15) is 15.9 Å². The van der Waals surface area contributed by atoms with Crippen molar-refractivity contribution in [3.8, 4) is 0 Å². The maximum absolute atomic E-state index is 13.1. The monoisotopic (exact) mass is 422 g/mol. The fourth-order valence-electron chi connectivity index (χ4n) is 3.47. The Balaban J connectivity index is 1.52. The molecule has 0 spiro atoms. The summed E-state index contributed by atoms with van der Waals surface area (Å²) in [6.07, 6.45) is 0. The van der Waals surface area contributed by atoms with Gasteiger partial charge < -0.3 is 0 Å². The number of halogens is 1. The lowest BCUT2D eigenvalue weighted by Crippen LogP contribution is -2.49. The number of fused-ring (bicyclic) bond motifs is 1. The molecule has 0 N–H and O–H groups in total. The zero-order valence-corrected chi connectivity index (χ0v) is 17.1. The van der Waals surface area contributed by atoms with E-state index in [9.17, 15) is 8.42 Å². The third-order valence-electron chi connectivity index (χ3n) is 5.04. The van der Waals surface area contributed by atoms with Crippen molar-refractivity contribution in [1.82, 2.24) is 18.0 Å². The lowest BCUT2D eigenvalue weighted by Gasteiger charge is -2.37. The van der Waals surface area contributed by atoms with Gasteiger partial charge in [0.15, 0.2) is 0 Å². The Morgan fingerprint density at radius 2 is 1.78 bits per heavy atom. The third kappa shape index (κ3) is 3.48. The summed E-state index contributed by atoms with van der Waals surface area (Å²) in [5, 5.41) is 0.739. The SMILES string of the molecule is CC(c1ccccc1Cl)N1CCN(S(=O)(=O)c2cccc3nsnc23)CC1. The zero-order valence-electron chi connectivity index (χ0n) is 14.7. The quantitative estimate of drug-likeness (QED) is 0.644.